The van der Waals surface area contributed by atoms with Crippen LogP contribution in [0.15, 0.2) is 42.7 Å². The van der Waals surface area contributed by atoms with Crippen LogP contribution in [0.5, 0.6) is 0 Å². The van der Waals surface area contributed by atoms with Crippen LogP contribution in [0.3, 0.4) is 0 Å². The number of hydrogen-bond donors (Lipinski definition) is 2. The molecule has 1 fully saturated rings. The van der Waals surface area contributed by atoms with Gasteiger partial charge in [-0.1, -0.05) is 12.1 Å². The van der Waals surface area contributed by atoms with Crippen LogP contribution in [0.4, 0.5) is 0 Å². The molecule has 1 aliphatic carbocycles. The van der Waals surface area contributed by atoms with Gasteiger partial charge in [-0.15, -0.1) is 0 Å². The number of carboxylic acids is 1. The highest BCUT2D eigenvalue weighted by molar-refractivity contribution is 5.89. The monoisotopic (exact) mass is 285 g/mol. The molecule has 0 radical (unpaired) electrons. The predicted octanol–water partition coefficient (Wildman–Crippen LogP) is 1.21. The Hall–Kier alpha value is -2.63. The van der Waals surface area contributed by atoms with Crippen LogP contribution in [-0.2, 0) is 16.1 Å². The summed E-state index contributed by atoms with van der Waals surface area (Å²) >= 11 is 0. The van der Waals surface area contributed by atoms with Crippen molar-refractivity contribution in [1.82, 2.24) is 15.1 Å². The second-order valence-corrected chi connectivity index (χ2v) is 5.12. The number of carboxylic acid groups (broad SMARTS) is 1. The topological polar surface area (TPSA) is 84.2 Å². The van der Waals surface area contributed by atoms with E-state index in [1.807, 2.05) is 36.5 Å². The van der Waals surface area contributed by atoms with Gasteiger partial charge in [0, 0.05) is 18.9 Å². The van der Waals surface area contributed by atoms with Crippen LogP contribution in [0.2, 0.25) is 0 Å². The first-order valence-electron chi connectivity index (χ1n) is 6.74. The third kappa shape index (κ3) is 2.94. The van der Waals surface area contributed by atoms with Crippen molar-refractivity contribution >= 4 is 11.9 Å². The number of benzene rings is 1. The molecule has 6 nitrogen and oxygen atoms in total. The molecule has 3 rings (SSSR count). The summed E-state index contributed by atoms with van der Waals surface area (Å²) in [6, 6.07) is 9.53. The normalized spacial score (nSPS) is 20.0. The second-order valence-electron chi connectivity index (χ2n) is 5.12. The van der Waals surface area contributed by atoms with E-state index in [0.29, 0.717) is 13.0 Å². The summed E-state index contributed by atoms with van der Waals surface area (Å²) in [5, 5.41) is 15.7. The average Bonchev–Trinajstić information content (AvgIpc) is 3.12. The minimum atomic E-state index is -0.890. The zero-order valence-corrected chi connectivity index (χ0v) is 11.3. The Labute approximate surface area is 121 Å². The summed E-state index contributed by atoms with van der Waals surface area (Å²) in [6.07, 6.45) is 4.01. The molecular formula is C15H15N3O3. The van der Waals surface area contributed by atoms with E-state index >= 15 is 0 Å². The first kappa shape index (κ1) is 13.4. The number of carbonyl (C=O) groups excluding carboxylic acids is 1. The van der Waals surface area contributed by atoms with Crippen LogP contribution in [0.25, 0.3) is 5.69 Å². The number of carbonyl (C=O) groups is 2. The standard InChI is InChI=1S/C15H15N3O3/c19-14(12-8-13(12)15(20)21)16-9-10-2-4-11(5-3-10)18-7-1-6-17-18/h1-7,12-13H,8-9H2,(H,16,19)(H,20,21)/t12-,13+/m0/s1. The first-order chi connectivity index (χ1) is 10.1. The predicted molar refractivity (Wildman–Crippen MR) is 74.6 cm³/mol. The summed E-state index contributed by atoms with van der Waals surface area (Å²) in [5.74, 6) is -1.95. The molecule has 0 spiro atoms. The Morgan fingerprint density at radius 1 is 1.29 bits per heavy atom. The molecule has 2 aromatic rings. The smallest absolute Gasteiger partial charge is 0.307 e. The van der Waals surface area contributed by atoms with E-state index in [0.717, 1.165) is 11.3 Å². The maximum Gasteiger partial charge on any atom is 0.307 e. The van der Waals surface area contributed by atoms with E-state index < -0.39 is 11.9 Å². The fourth-order valence-corrected chi connectivity index (χ4v) is 2.27. The molecule has 1 aliphatic rings. The van der Waals surface area contributed by atoms with Gasteiger partial charge in [-0.2, -0.15) is 5.10 Å². The molecular weight excluding hydrogens is 270 g/mol. The van der Waals surface area contributed by atoms with Gasteiger partial charge in [-0.3, -0.25) is 9.59 Å². The molecule has 21 heavy (non-hydrogen) atoms. The molecule has 0 unspecified atom stereocenters. The van der Waals surface area contributed by atoms with Gasteiger partial charge in [0.05, 0.1) is 17.5 Å². The first-order valence-corrected chi connectivity index (χ1v) is 6.74. The molecule has 0 bridgehead atoms. The summed E-state index contributed by atoms with van der Waals surface area (Å²) in [5.41, 5.74) is 1.91. The van der Waals surface area contributed by atoms with Crippen molar-refractivity contribution in [3.63, 3.8) is 0 Å². The number of rotatable bonds is 5. The van der Waals surface area contributed by atoms with Crippen LogP contribution >= 0.6 is 0 Å². The lowest BCUT2D eigenvalue weighted by Gasteiger charge is -2.06. The van der Waals surface area contributed by atoms with E-state index in [1.165, 1.54) is 0 Å². The van der Waals surface area contributed by atoms with Gasteiger partial charge in [-0.05, 0) is 30.2 Å². The molecule has 0 saturated heterocycles. The Morgan fingerprint density at radius 3 is 2.62 bits per heavy atom. The summed E-state index contributed by atoms with van der Waals surface area (Å²) < 4.78 is 1.75. The minimum Gasteiger partial charge on any atom is -0.481 e. The fourth-order valence-electron chi connectivity index (χ4n) is 2.27. The Balaban J connectivity index is 1.54. The van der Waals surface area contributed by atoms with Gasteiger partial charge in [0.2, 0.25) is 5.91 Å². The molecule has 1 saturated carbocycles. The van der Waals surface area contributed by atoms with E-state index in [2.05, 4.69) is 10.4 Å². The van der Waals surface area contributed by atoms with Gasteiger partial charge in [0.25, 0.3) is 0 Å². The van der Waals surface area contributed by atoms with Crippen molar-refractivity contribution < 1.29 is 14.7 Å². The molecule has 1 aromatic heterocycles. The maximum absolute atomic E-state index is 11.8. The summed E-state index contributed by atoms with van der Waals surface area (Å²) in [4.78, 5) is 22.5. The number of nitrogens with zero attached hydrogens (tertiary/aromatic N) is 2. The molecule has 2 atom stereocenters. The van der Waals surface area contributed by atoms with Crippen molar-refractivity contribution in [2.75, 3.05) is 0 Å². The Bertz CT molecular complexity index is 649. The van der Waals surface area contributed by atoms with E-state index in [1.54, 1.807) is 10.9 Å². The van der Waals surface area contributed by atoms with E-state index in [9.17, 15) is 9.59 Å². The zero-order valence-electron chi connectivity index (χ0n) is 11.3. The van der Waals surface area contributed by atoms with Crippen LogP contribution in [0, 0.1) is 11.8 Å². The van der Waals surface area contributed by atoms with Gasteiger partial charge >= 0.3 is 5.97 Å². The quantitative estimate of drug-likeness (QED) is 0.864. The number of aliphatic carboxylic acids is 1. The number of hydrogen-bond acceptors (Lipinski definition) is 3. The highest BCUT2D eigenvalue weighted by Gasteiger charge is 2.48. The van der Waals surface area contributed by atoms with Crippen LogP contribution in [-0.4, -0.2) is 26.8 Å². The number of amides is 1. The lowest BCUT2D eigenvalue weighted by molar-refractivity contribution is -0.140. The molecule has 0 aliphatic heterocycles. The van der Waals surface area contributed by atoms with Crippen LogP contribution in [0.1, 0.15) is 12.0 Å². The van der Waals surface area contributed by atoms with Crippen molar-refractivity contribution in [1.29, 1.82) is 0 Å². The summed E-state index contributed by atoms with van der Waals surface area (Å²) in [6.45, 7) is 0.404. The third-order valence-corrected chi connectivity index (χ3v) is 3.62. The van der Waals surface area contributed by atoms with Gasteiger partial charge in [0.15, 0.2) is 0 Å². The highest BCUT2D eigenvalue weighted by atomic mass is 16.4. The Morgan fingerprint density at radius 2 is 2.05 bits per heavy atom. The van der Waals surface area contributed by atoms with E-state index in [-0.39, 0.29) is 11.8 Å². The van der Waals surface area contributed by atoms with Gasteiger partial charge in [0.1, 0.15) is 0 Å². The molecule has 1 amide bonds. The lowest BCUT2D eigenvalue weighted by Crippen LogP contribution is -2.25. The largest absolute Gasteiger partial charge is 0.481 e. The highest BCUT2D eigenvalue weighted by Crippen LogP contribution is 2.38. The maximum atomic E-state index is 11.8. The average molecular weight is 285 g/mol. The van der Waals surface area contributed by atoms with E-state index in [4.69, 9.17) is 5.11 Å². The number of aromatic nitrogens is 2. The SMILES string of the molecule is O=C(NCc1ccc(-n2cccn2)cc1)[C@H]1C[C@H]1C(=O)O. The molecule has 1 aromatic carbocycles. The van der Waals surface area contributed by atoms with Gasteiger partial charge < -0.3 is 10.4 Å². The van der Waals surface area contributed by atoms with Crippen molar-refractivity contribution in [2.24, 2.45) is 11.8 Å². The zero-order chi connectivity index (χ0) is 14.8. The minimum absolute atomic E-state index is 0.182. The molecule has 1 heterocycles. The fraction of sp³-hybridized carbons (Fsp3) is 0.267. The molecule has 2 N–H and O–H groups in total. The Kier molecular flexibility index (Phi) is 3.43. The van der Waals surface area contributed by atoms with Crippen LogP contribution < -0.4 is 5.32 Å². The van der Waals surface area contributed by atoms with Crippen molar-refractivity contribution in [3.05, 3.63) is 48.3 Å². The van der Waals surface area contributed by atoms with Crippen molar-refractivity contribution in [2.45, 2.75) is 13.0 Å². The summed E-state index contributed by atoms with van der Waals surface area (Å²) in [7, 11) is 0. The van der Waals surface area contributed by atoms with Gasteiger partial charge in [-0.25, -0.2) is 4.68 Å². The van der Waals surface area contributed by atoms with Crippen molar-refractivity contribution in [3.8, 4) is 5.69 Å². The second kappa shape index (κ2) is 5.40. The molecule has 108 valence electrons. The third-order valence-electron chi connectivity index (χ3n) is 3.62. The molecule has 6 heteroatoms. The lowest BCUT2D eigenvalue weighted by atomic mass is 10.2. The number of nitrogens with one attached hydrogen (secondary N) is 1.